The average molecular weight is 394 g/mol. The van der Waals surface area contributed by atoms with Crippen LogP contribution in [-0.4, -0.2) is 33.8 Å². The summed E-state index contributed by atoms with van der Waals surface area (Å²) >= 11 is 0. The molecule has 0 aliphatic rings. The highest BCUT2D eigenvalue weighted by Crippen LogP contribution is 2.38. The fourth-order valence-electron chi connectivity index (χ4n) is 3.37. The van der Waals surface area contributed by atoms with E-state index >= 15 is 0 Å². The number of hydrogen-bond donors (Lipinski definition) is 2. The van der Waals surface area contributed by atoms with Gasteiger partial charge in [0.15, 0.2) is 11.5 Å². The maximum absolute atomic E-state index is 12.7. The molecule has 0 spiro atoms. The summed E-state index contributed by atoms with van der Waals surface area (Å²) in [5, 5.41) is 5.29. The molecule has 3 rings (SSSR count). The third-order valence-electron chi connectivity index (χ3n) is 4.84. The van der Waals surface area contributed by atoms with E-state index in [-0.39, 0.29) is 18.4 Å². The van der Waals surface area contributed by atoms with Crippen molar-refractivity contribution in [1.29, 1.82) is 0 Å². The van der Waals surface area contributed by atoms with Crippen LogP contribution in [0.15, 0.2) is 54.6 Å². The summed E-state index contributed by atoms with van der Waals surface area (Å²) in [7, 11) is 4.64. The van der Waals surface area contributed by atoms with Crippen molar-refractivity contribution in [1.82, 2.24) is 5.32 Å². The highest BCUT2D eigenvalue weighted by Gasteiger charge is 2.17. The molecular formula is C23H26N2O4. The molecule has 3 N–H and O–H groups in total. The van der Waals surface area contributed by atoms with E-state index in [0.29, 0.717) is 23.8 Å². The molecule has 0 radical (unpaired) electrons. The summed E-state index contributed by atoms with van der Waals surface area (Å²) in [4.78, 5) is 12.7. The van der Waals surface area contributed by atoms with Gasteiger partial charge in [0.1, 0.15) is 0 Å². The number of methoxy groups -OCH3 is 3. The summed E-state index contributed by atoms with van der Waals surface area (Å²) in [6, 6.07) is 17.5. The Balaban J connectivity index is 1.77. The fraction of sp³-hybridized carbons (Fsp3) is 0.261. The molecule has 152 valence electrons. The van der Waals surface area contributed by atoms with Crippen LogP contribution in [0.4, 0.5) is 0 Å². The molecular weight excluding hydrogens is 368 g/mol. The molecule has 1 amide bonds. The normalized spacial score (nSPS) is 11.7. The molecule has 3 aromatic rings. The van der Waals surface area contributed by atoms with Gasteiger partial charge in [-0.15, -0.1) is 0 Å². The molecule has 6 nitrogen and oxygen atoms in total. The molecule has 1 atom stereocenters. The van der Waals surface area contributed by atoms with E-state index in [2.05, 4.69) is 17.4 Å². The van der Waals surface area contributed by atoms with E-state index in [1.165, 1.54) is 0 Å². The Hall–Kier alpha value is -3.25. The summed E-state index contributed by atoms with van der Waals surface area (Å²) in [6.07, 6.45) is 0.167. The van der Waals surface area contributed by atoms with Crippen LogP contribution in [0.2, 0.25) is 0 Å². The van der Waals surface area contributed by atoms with Crippen molar-refractivity contribution in [2.75, 3.05) is 27.9 Å². The molecule has 1 unspecified atom stereocenters. The zero-order chi connectivity index (χ0) is 20.8. The van der Waals surface area contributed by atoms with Gasteiger partial charge in [-0.05, 0) is 40.1 Å². The van der Waals surface area contributed by atoms with Crippen molar-refractivity contribution in [2.24, 2.45) is 5.73 Å². The van der Waals surface area contributed by atoms with Crippen LogP contribution in [0.5, 0.6) is 17.2 Å². The predicted octanol–water partition coefficient (Wildman–Crippen LogP) is 3.22. The number of ether oxygens (including phenoxy) is 3. The molecule has 6 heteroatoms. The fourth-order valence-corrected chi connectivity index (χ4v) is 3.37. The number of rotatable bonds is 8. The Kier molecular flexibility index (Phi) is 6.57. The first-order chi connectivity index (χ1) is 14.1. The van der Waals surface area contributed by atoms with Gasteiger partial charge >= 0.3 is 0 Å². The Morgan fingerprint density at radius 2 is 1.59 bits per heavy atom. The number of hydrogen-bond acceptors (Lipinski definition) is 5. The maximum Gasteiger partial charge on any atom is 0.224 e. The van der Waals surface area contributed by atoms with E-state index < -0.39 is 0 Å². The number of carbonyl (C=O) groups is 1. The van der Waals surface area contributed by atoms with E-state index in [4.69, 9.17) is 19.9 Å². The van der Waals surface area contributed by atoms with Crippen LogP contribution >= 0.6 is 0 Å². The molecule has 0 aromatic heterocycles. The van der Waals surface area contributed by atoms with Crippen LogP contribution in [0.3, 0.4) is 0 Å². The molecule has 29 heavy (non-hydrogen) atoms. The van der Waals surface area contributed by atoms with Gasteiger partial charge in [-0.3, -0.25) is 4.79 Å². The van der Waals surface area contributed by atoms with Crippen LogP contribution in [0, 0.1) is 0 Å². The Morgan fingerprint density at radius 3 is 2.17 bits per heavy atom. The molecule has 0 fully saturated rings. The molecule has 0 saturated carbocycles. The van der Waals surface area contributed by atoms with Crippen LogP contribution in [0.1, 0.15) is 17.2 Å². The standard InChI is InChI=1S/C23H26N2O4/c1-27-20-10-15(11-21(28-2)23(20)29-3)12-22(26)25-19(14-24)18-9-8-16-6-4-5-7-17(16)13-18/h4-11,13,19H,12,14,24H2,1-3H3,(H,25,26). The van der Waals surface area contributed by atoms with Gasteiger partial charge in [0.2, 0.25) is 11.7 Å². The van der Waals surface area contributed by atoms with Gasteiger partial charge in [0.25, 0.3) is 0 Å². The number of amides is 1. The zero-order valence-electron chi connectivity index (χ0n) is 16.9. The molecule has 0 aliphatic carbocycles. The van der Waals surface area contributed by atoms with Crippen molar-refractivity contribution >= 4 is 16.7 Å². The van der Waals surface area contributed by atoms with E-state index in [1.54, 1.807) is 33.5 Å². The number of carbonyl (C=O) groups excluding carboxylic acids is 1. The first-order valence-electron chi connectivity index (χ1n) is 9.36. The SMILES string of the molecule is COc1cc(CC(=O)NC(CN)c2ccc3ccccc3c2)cc(OC)c1OC. The van der Waals surface area contributed by atoms with Crippen molar-refractivity contribution in [3.05, 3.63) is 65.7 Å². The third-order valence-corrected chi connectivity index (χ3v) is 4.84. The number of benzene rings is 3. The lowest BCUT2D eigenvalue weighted by Crippen LogP contribution is -2.34. The Morgan fingerprint density at radius 1 is 0.931 bits per heavy atom. The van der Waals surface area contributed by atoms with Gasteiger partial charge < -0.3 is 25.3 Å². The highest BCUT2D eigenvalue weighted by molar-refractivity contribution is 5.84. The third kappa shape index (κ3) is 4.60. The first kappa shape index (κ1) is 20.5. The van der Waals surface area contributed by atoms with Crippen LogP contribution in [0.25, 0.3) is 10.8 Å². The van der Waals surface area contributed by atoms with Crippen molar-refractivity contribution < 1.29 is 19.0 Å². The van der Waals surface area contributed by atoms with E-state index in [1.807, 2.05) is 30.3 Å². The summed E-state index contributed by atoms with van der Waals surface area (Å²) < 4.78 is 16.0. The molecule has 0 saturated heterocycles. The van der Waals surface area contributed by atoms with Gasteiger partial charge in [-0.2, -0.15) is 0 Å². The summed E-state index contributed by atoms with van der Waals surface area (Å²) in [6.45, 7) is 0.305. The van der Waals surface area contributed by atoms with E-state index in [0.717, 1.165) is 21.9 Å². The van der Waals surface area contributed by atoms with Crippen molar-refractivity contribution in [3.8, 4) is 17.2 Å². The summed E-state index contributed by atoms with van der Waals surface area (Å²) in [5.41, 5.74) is 7.68. The second-order valence-electron chi connectivity index (χ2n) is 6.67. The smallest absolute Gasteiger partial charge is 0.224 e. The highest BCUT2D eigenvalue weighted by atomic mass is 16.5. The van der Waals surface area contributed by atoms with Crippen LogP contribution < -0.4 is 25.3 Å². The van der Waals surface area contributed by atoms with Gasteiger partial charge in [0, 0.05) is 6.54 Å². The maximum atomic E-state index is 12.7. The molecule has 0 aliphatic heterocycles. The van der Waals surface area contributed by atoms with Gasteiger partial charge in [-0.1, -0.05) is 36.4 Å². The average Bonchev–Trinajstić information content (AvgIpc) is 2.76. The van der Waals surface area contributed by atoms with Crippen molar-refractivity contribution in [3.63, 3.8) is 0 Å². The lowest BCUT2D eigenvalue weighted by atomic mass is 10.0. The zero-order valence-corrected chi connectivity index (χ0v) is 16.9. The monoisotopic (exact) mass is 394 g/mol. The quantitative estimate of drug-likeness (QED) is 0.613. The first-order valence-corrected chi connectivity index (χ1v) is 9.36. The molecule has 3 aromatic carbocycles. The van der Waals surface area contributed by atoms with Gasteiger partial charge in [-0.25, -0.2) is 0 Å². The molecule has 0 heterocycles. The number of nitrogens with two attached hydrogens (primary N) is 1. The topological polar surface area (TPSA) is 82.8 Å². The minimum absolute atomic E-state index is 0.136. The number of nitrogens with one attached hydrogen (secondary N) is 1. The minimum atomic E-state index is -0.269. The second kappa shape index (κ2) is 9.30. The molecule has 0 bridgehead atoms. The number of fused-ring (bicyclic) bond motifs is 1. The van der Waals surface area contributed by atoms with Crippen LogP contribution in [-0.2, 0) is 11.2 Å². The van der Waals surface area contributed by atoms with E-state index in [9.17, 15) is 4.79 Å². The Labute approximate surface area is 170 Å². The van der Waals surface area contributed by atoms with Crippen molar-refractivity contribution in [2.45, 2.75) is 12.5 Å². The lowest BCUT2D eigenvalue weighted by Gasteiger charge is -2.19. The largest absolute Gasteiger partial charge is 0.493 e. The Bertz CT molecular complexity index is 978. The second-order valence-corrected chi connectivity index (χ2v) is 6.67. The predicted molar refractivity (Wildman–Crippen MR) is 114 cm³/mol. The minimum Gasteiger partial charge on any atom is -0.493 e. The summed E-state index contributed by atoms with van der Waals surface area (Å²) in [5.74, 6) is 1.39. The lowest BCUT2D eigenvalue weighted by molar-refractivity contribution is -0.121. The van der Waals surface area contributed by atoms with Gasteiger partial charge in [0.05, 0.1) is 33.8 Å².